The van der Waals surface area contributed by atoms with Crippen LogP contribution >= 0.6 is 0 Å². The Bertz CT molecular complexity index is 1380. The number of primary amides is 1. The van der Waals surface area contributed by atoms with E-state index in [1.807, 2.05) is 20.8 Å². The van der Waals surface area contributed by atoms with Crippen molar-refractivity contribution in [3.63, 3.8) is 0 Å². The summed E-state index contributed by atoms with van der Waals surface area (Å²) in [5.41, 5.74) is 6.42. The number of carbonyl (C=O) groups is 4. The number of hydrogen-bond donors (Lipinski definition) is 3. The van der Waals surface area contributed by atoms with Crippen LogP contribution < -0.4 is 11.1 Å². The number of nitrogens with one attached hydrogen (secondary N) is 1. The molecule has 0 bridgehead atoms. The van der Waals surface area contributed by atoms with Crippen LogP contribution in [0.5, 0.6) is 5.75 Å². The van der Waals surface area contributed by atoms with Gasteiger partial charge in [0.15, 0.2) is 0 Å². The number of aromatic hydroxyl groups is 1. The predicted octanol–water partition coefficient (Wildman–Crippen LogP) is 4.30. The number of amides is 4. The van der Waals surface area contributed by atoms with Gasteiger partial charge in [-0.2, -0.15) is 0 Å². The summed E-state index contributed by atoms with van der Waals surface area (Å²) in [6.07, 6.45) is -0.811. The molecule has 3 atom stereocenters. The smallest absolute Gasteiger partial charge is 0.408 e. The minimum Gasteiger partial charge on any atom is -0.508 e. The van der Waals surface area contributed by atoms with Gasteiger partial charge >= 0.3 is 6.09 Å². The first-order valence-electron chi connectivity index (χ1n) is 15.0. The molecule has 0 aliphatic rings. The molecule has 0 aliphatic heterocycles. The van der Waals surface area contributed by atoms with Gasteiger partial charge in [-0.3, -0.25) is 14.4 Å². The molecule has 2 aromatic carbocycles. The number of likely N-dealkylation sites (N-methyl/N-ethyl adjacent to an activating group) is 2. The van der Waals surface area contributed by atoms with Gasteiger partial charge < -0.3 is 30.7 Å². The molecule has 0 aliphatic carbocycles. The van der Waals surface area contributed by atoms with Crippen molar-refractivity contribution in [2.45, 2.75) is 97.4 Å². The Hall–Kier alpha value is -4.15. The van der Waals surface area contributed by atoms with Gasteiger partial charge in [-0.25, -0.2) is 9.18 Å². The summed E-state index contributed by atoms with van der Waals surface area (Å²) in [6.45, 7) is 14.4. The van der Waals surface area contributed by atoms with E-state index in [-0.39, 0.29) is 24.0 Å². The molecule has 0 unspecified atom stereocenters. The van der Waals surface area contributed by atoms with Gasteiger partial charge in [0.1, 0.15) is 35.3 Å². The number of carbonyl (C=O) groups excluding carboxylic acids is 4. The van der Waals surface area contributed by atoms with Gasteiger partial charge in [-0.1, -0.05) is 58.9 Å². The lowest BCUT2D eigenvalue weighted by Crippen LogP contribution is -2.59. The minimum absolute atomic E-state index is 0.0596. The van der Waals surface area contributed by atoms with Crippen molar-refractivity contribution in [1.82, 2.24) is 15.1 Å². The van der Waals surface area contributed by atoms with E-state index in [0.717, 1.165) is 0 Å². The average molecular weight is 629 g/mol. The van der Waals surface area contributed by atoms with Crippen molar-refractivity contribution in [2.75, 3.05) is 14.1 Å². The molecule has 0 heterocycles. The van der Waals surface area contributed by atoms with E-state index in [4.69, 9.17) is 10.5 Å². The van der Waals surface area contributed by atoms with Gasteiger partial charge in [-0.15, -0.1) is 0 Å². The number of nitrogens with two attached hydrogens (primary N) is 1. The van der Waals surface area contributed by atoms with Crippen LogP contribution in [-0.2, 0) is 37.4 Å². The Morgan fingerprint density at radius 1 is 0.911 bits per heavy atom. The zero-order valence-corrected chi connectivity index (χ0v) is 28.1. The molecule has 0 saturated carbocycles. The lowest BCUT2D eigenvalue weighted by molar-refractivity contribution is -0.149. The summed E-state index contributed by atoms with van der Waals surface area (Å²) in [5, 5.41) is 13.0. The van der Waals surface area contributed by atoms with Crippen LogP contribution in [0.2, 0.25) is 0 Å². The molecular weight excluding hydrogens is 579 g/mol. The molecule has 0 aromatic heterocycles. The van der Waals surface area contributed by atoms with E-state index in [9.17, 15) is 28.7 Å². The summed E-state index contributed by atoms with van der Waals surface area (Å²) in [5.74, 6) is -2.64. The third-order valence-corrected chi connectivity index (χ3v) is 7.41. The normalized spacial score (nSPS) is 13.9. The van der Waals surface area contributed by atoms with Crippen molar-refractivity contribution in [1.29, 1.82) is 0 Å². The highest BCUT2D eigenvalue weighted by Crippen LogP contribution is 2.32. The highest BCUT2D eigenvalue weighted by atomic mass is 19.1. The highest BCUT2D eigenvalue weighted by Gasteiger charge is 2.38. The van der Waals surface area contributed by atoms with E-state index < -0.39 is 59.3 Å². The molecule has 0 saturated heterocycles. The first kappa shape index (κ1) is 37.0. The molecule has 0 fully saturated rings. The standard InChI is InChI=1S/C34H49FN4O6/c1-20(2)28(31(43)38(9)26(29(36)41)19-22-14-15-27(40)24(17-22)33(3,4)5)39(10)30(42)25(37-32(44)45-34(6,7)8)18-21-12-11-13-23(35)16-21/h11-17,20,25-26,28,40H,18-19H2,1-10H3,(H2,36,41)(H,37,44)/t25-,26-,28-/m0/s1. The largest absolute Gasteiger partial charge is 0.508 e. The van der Waals surface area contributed by atoms with Crippen molar-refractivity contribution in [2.24, 2.45) is 11.7 Å². The third kappa shape index (κ3) is 10.5. The number of rotatable bonds is 11. The number of hydrogen-bond acceptors (Lipinski definition) is 6. The Kier molecular flexibility index (Phi) is 12.1. The van der Waals surface area contributed by atoms with Crippen molar-refractivity contribution in [3.8, 4) is 5.75 Å². The Morgan fingerprint density at radius 2 is 1.51 bits per heavy atom. The number of benzene rings is 2. The maximum atomic E-state index is 14.0. The fourth-order valence-corrected chi connectivity index (χ4v) is 5.16. The molecule has 248 valence electrons. The van der Waals surface area contributed by atoms with Crippen LogP contribution in [0, 0.1) is 11.7 Å². The van der Waals surface area contributed by atoms with E-state index >= 15 is 0 Å². The van der Waals surface area contributed by atoms with Gasteiger partial charge in [-0.05, 0) is 67.0 Å². The second-order valence-corrected chi connectivity index (χ2v) is 13.8. The van der Waals surface area contributed by atoms with Crippen LogP contribution in [0.3, 0.4) is 0 Å². The lowest BCUT2D eigenvalue weighted by Gasteiger charge is -2.37. The minimum atomic E-state index is -1.19. The molecule has 10 nitrogen and oxygen atoms in total. The fraction of sp³-hybridized carbons (Fsp3) is 0.529. The summed E-state index contributed by atoms with van der Waals surface area (Å²) in [7, 11) is 2.91. The van der Waals surface area contributed by atoms with Crippen molar-refractivity contribution >= 4 is 23.8 Å². The van der Waals surface area contributed by atoms with E-state index in [1.165, 1.54) is 42.1 Å². The first-order valence-corrected chi connectivity index (χ1v) is 15.0. The van der Waals surface area contributed by atoms with E-state index in [1.54, 1.807) is 58.9 Å². The van der Waals surface area contributed by atoms with E-state index in [2.05, 4.69) is 5.32 Å². The third-order valence-electron chi connectivity index (χ3n) is 7.41. The molecule has 4 amide bonds. The SMILES string of the molecule is CC(C)[C@@H](C(=O)N(C)[C@@H](Cc1ccc(O)c(C(C)(C)C)c1)C(N)=O)N(C)C(=O)[C@H](Cc1cccc(F)c1)NC(=O)OC(C)(C)C. The zero-order chi connectivity index (χ0) is 34.4. The topological polar surface area (TPSA) is 142 Å². The Morgan fingerprint density at radius 3 is 2.02 bits per heavy atom. The first-order chi connectivity index (χ1) is 20.6. The summed E-state index contributed by atoms with van der Waals surface area (Å²) in [4.78, 5) is 55.8. The number of phenols is 1. The van der Waals surface area contributed by atoms with Crippen LogP contribution in [0.25, 0.3) is 0 Å². The van der Waals surface area contributed by atoms with Gasteiger partial charge in [0.25, 0.3) is 0 Å². The van der Waals surface area contributed by atoms with Crippen LogP contribution in [-0.4, -0.2) is 76.5 Å². The monoisotopic (exact) mass is 628 g/mol. The van der Waals surface area contributed by atoms with E-state index in [0.29, 0.717) is 16.7 Å². The number of ether oxygens (including phenoxy) is 1. The van der Waals surface area contributed by atoms with Crippen molar-refractivity contribution < 1.29 is 33.4 Å². The summed E-state index contributed by atoms with van der Waals surface area (Å²) < 4.78 is 19.3. The highest BCUT2D eigenvalue weighted by molar-refractivity contribution is 5.93. The number of halogens is 1. The molecule has 11 heteroatoms. The second-order valence-electron chi connectivity index (χ2n) is 13.8. The molecule has 2 aromatic rings. The van der Waals surface area contributed by atoms with Gasteiger partial charge in [0.05, 0.1) is 0 Å². The molecule has 4 N–H and O–H groups in total. The summed E-state index contributed by atoms with van der Waals surface area (Å²) in [6, 6.07) is 7.41. The Labute approximate surface area is 266 Å². The van der Waals surface area contributed by atoms with Crippen LogP contribution in [0.15, 0.2) is 42.5 Å². The number of nitrogens with zero attached hydrogens (tertiary/aromatic N) is 2. The maximum Gasteiger partial charge on any atom is 0.408 e. The number of phenolic OH excluding ortho intramolecular Hbond substituents is 1. The zero-order valence-electron chi connectivity index (χ0n) is 28.1. The molecular formula is C34H49FN4O6. The average Bonchev–Trinajstić information content (AvgIpc) is 2.89. The van der Waals surface area contributed by atoms with Crippen molar-refractivity contribution in [3.05, 3.63) is 65.0 Å². The van der Waals surface area contributed by atoms with Gasteiger partial charge in [0, 0.05) is 26.9 Å². The van der Waals surface area contributed by atoms with Gasteiger partial charge in [0.2, 0.25) is 17.7 Å². The molecule has 2 rings (SSSR count). The quantitative estimate of drug-likeness (QED) is 0.339. The molecule has 45 heavy (non-hydrogen) atoms. The Balaban J connectivity index is 2.40. The van der Waals surface area contributed by atoms with Crippen LogP contribution in [0.4, 0.5) is 9.18 Å². The fourth-order valence-electron chi connectivity index (χ4n) is 5.16. The predicted molar refractivity (Wildman–Crippen MR) is 171 cm³/mol. The molecule has 0 radical (unpaired) electrons. The number of alkyl carbamates (subject to hydrolysis) is 1. The summed E-state index contributed by atoms with van der Waals surface area (Å²) >= 11 is 0. The maximum absolute atomic E-state index is 14.0. The van der Waals surface area contributed by atoms with Crippen LogP contribution in [0.1, 0.15) is 72.1 Å². The lowest BCUT2D eigenvalue weighted by atomic mass is 9.84. The molecule has 0 spiro atoms. The second kappa shape index (κ2) is 14.8.